The summed E-state index contributed by atoms with van der Waals surface area (Å²) in [7, 11) is 0. The Hall–Kier alpha value is -1.43. The molecule has 0 heterocycles. The number of oxime groups is 1. The molecule has 3 nitrogen and oxygen atoms in total. The number of nitrogens with zero attached hydrogens (tertiary/aromatic N) is 1. The van der Waals surface area contributed by atoms with E-state index >= 15 is 0 Å². The Morgan fingerprint density at radius 1 is 1.47 bits per heavy atom. The molecule has 0 fully saturated rings. The first-order valence-electron chi connectivity index (χ1n) is 4.58. The van der Waals surface area contributed by atoms with Crippen molar-refractivity contribution in [2.75, 3.05) is 12.3 Å². The quantitative estimate of drug-likeness (QED) is 0.519. The fraction of sp³-hybridized carbons (Fsp3) is 0.300. The molecule has 0 unspecified atom stereocenters. The second kappa shape index (κ2) is 5.27. The summed E-state index contributed by atoms with van der Waals surface area (Å²) < 4.78 is 35.4. The van der Waals surface area contributed by atoms with E-state index in [2.05, 4.69) is 9.99 Å². The SMILES string of the molecule is C/C(=N\OCC(F)(F)F)c1cc(Cl)ccc1N. The summed E-state index contributed by atoms with van der Waals surface area (Å²) in [5.41, 5.74) is 6.67. The highest BCUT2D eigenvalue weighted by Gasteiger charge is 2.28. The number of hydrogen-bond donors (Lipinski definition) is 1. The number of alkyl halides is 3. The fourth-order valence-corrected chi connectivity index (χ4v) is 1.27. The Balaban J connectivity index is 2.78. The third-order valence-corrected chi connectivity index (χ3v) is 2.07. The first-order chi connectivity index (χ1) is 7.79. The van der Waals surface area contributed by atoms with Gasteiger partial charge in [0.05, 0.1) is 5.71 Å². The van der Waals surface area contributed by atoms with Gasteiger partial charge in [-0.05, 0) is 25.1 Å². The van der Waals surface area contributed by atoms with E-state index in [1.165, 1.54) is 13.0 Å². The third-order valence-electron chi connectivity index (χ3n) is 1.83. The van der Waals surface area contributed by atoms with Crippen LogP contribution >= 0.6 is 11.6 Å². The van der Waals surface area contributed by atoms with E-state index in [0.29, 0.717) is 16.3 Å². The average molecular weight is 267 g/mol. The van der Waals surface area contributed by atoms with Gasteiger partial charge in [-0.25, -0.2) is 0 Å². The number of hydrogen-bond acceptors (Lipinski definition) is 3. The minimum Gasteiger partial charge on any atom is -0.398 e. The molecule has 0 amide bonds. The smallest absolute Gasteiger partial charge is 0.398 e. The highest BCUT2D eigenvalue weighted by Crippen LogP contribution is 2.19. The van der Waals surface area contributed by atoms with Gasteiger partial charge in [-0.15, -0.1) is 0 Å². The summed E-state index contributed by atoms with van der Waals surface area (Å²) in [5.74, 6) is 0. The molecule has 1 aromatic carbocycles. The molecular weight excluding hydrogens is 257 g/mol. The highest BCUT2D eigenvalue weighted by atomic mass is 35.5. The second-order valence-corrected chi connectivity index (χ2v) is 3.73. The van der Waals surface area contributed by atoms with Crippen molar-refractivity contribution in [3.8, 4) is 0 Å². The number of halogens is 4. The zero-order valence-electron chi connectivity index (χ0n) is 8.88. The van der Waals surface area contributed by atoms with Crippen LogP contribution < -0.4 is 5.73 Å². The van der Waals surface area contributed by atoms with Gasteiger partial charge in [0.1, 0.15) is 0 Å². The summed E-state index contributed by atoms with van der Waals surface area (Å²) in [6.45, 7) is 0.0448. The molecule has 2 N–H and O–H groups in total. The summed E-state index contributed by atoms with van der Waals surface area (Å²) in [6.07, 6.45) is -4.41. The lowest BCUT2D eigenvalue weighted by Gasteiger charge is -2.07. The third kappa shape index (κ3) is 4.52. The minimum atomic E-state index is -4.41. The molecule has 0 radical (unpaired) electrons. The van der Waals surface area contributed by atoms with Crippen molar-refractivity contribution in [2.45, 2.75) is 13.1 Å². The van der Waals surface area contributed by atoms with E-state index in [1.807, 2.05) is 0 Å². The van der Waals surface area contributed by atoms with Crippen molar-refractivity contribution in [2.24, 2.45) is 5.16 Å². The van der Waals surface area contributed by atoms with E-state index in [9.17, 15) is 13.2 Å². The van der Waals surface area contributed by atoms with Gasteiger partial charge in [-0.1, -0.05) is 16.8 Å². The lowest BCUT2D eigenvalue weighted by molar-refractivity contribution is -0.173. The molecule has 0 aliphatic rings. The van der Waals surface area contributed by atoms with Crippen molar-refractivity contribution in [1.29, 1.82) is 0 Å². The maximum absolute atomic E-state index is 11.8. The molecule has 17 heavy (non-hydrogen) atoms. The number of rotatable bonds is 3. The molecule has 0 aliphatic heterocycles. The molecule has 0 saturated heterocycles. The zero-order valence-corrected chi connectivity index (χ0v) is 9.64. The first-order valence-corrected chi connectivity index (χ1v) is 4.96. The van der Waals surface area contributed by atoms with E-state index in [-0.39, 0.29) is 5.71 Å². The monoisotopic (exact) mass is 266 g/mol. The van der Waals surface area contributed by atoms with Crippen LogP contribution in [0, 0.1) is 0 Å². The summed E-state index contributed by atoms with van der Waals surface area (Å²) >= 11 is 5.74. The van der Waals surface area contributed by atoms with Crippen LogP contribution in [0.5, 0.6) is 0 Å². The van der Waals surface area contributed by atoms with Gasteiger partial charge in [0.2, 0.25) is 6.61 Å². The summed E-state index contributed by atoms with van der Waals surface area (Å²) in [6, 6.07) is 4.62. The predicted molar refractivity (Wildman–Crippen MR) is 60.1 cm³/mol. The molecule has 94 valence electrons. The predicted octanol–water partition coefficient (Wildman–Crippen LogP) is 3.23. The molecule has 0 bridgehead atoms. The highest BCUT2D eigenvalue weighted by molar-refractivity contribution is 6.31. The minimum absolute atomic E-state index is 0.231. The van der Waals surface area contributed by atoms with Crippen LogP contribution in [-0.4, -0.2) is 18.5 Å². The maximum Gasteiger partial charge on any atom is 0.425 e. The van der Waals surface area contributed by atoms with Crippen molar-refractivity contribution >= 4 is 23.0 Å². The molecule has 7 heteroatoms. The number of anilines is 1. The second-order valence-electron chi connectivity index (χ2n) is 3.30. The first kappa shape index (κ1) is 13.6. The van der Waals surface area contributed by atoms with Crippen LogP contribution in [-0.2, 0) is 4.84 Å². The lowest BCUT2D eigenvalue weighted by Crippen LogP contribution is -2.15. The topological polar surface area (TPSA) is 47.6 Å². The molecule has 1 rings (SSSR count). The molecule has 0 spiro atoms. The van der Waals surface area contributed by atoms with Crippen LogP contribution in [0.1, 0.15) is 12.5 Å². The number of nitrogen functional groups attached to an aromatic ring is 1. The Morgan fingerprint density at radius 3 is 2.71 bits per heavy atom. The van der Waals surface area contributed by atoms with Crippen LogP contribution in [0.25, 0.3) is 0 Å². The van der Waals surface area contributed by atoms with Crippen LogP contribution in [0.2, 0.25) is 5.02 Å². The molecule has 0 saturated carbocycles. The van der Waals surface area contributed by atoms with Gasteiger partial charge in [0.25, 0.3) is 0 Å². The van der Waals surface area contributed by atoms with Crippen molar-refractivity contribution in [1.82, 2.24) is 0 Å². The van der Waals surface area contributed by atoms with E-state index in [1.54, 1.807) is 12.1 Å². The van der Waals surface area contributed by atoms with E-state index in [0.717, 1.165) is 0 Å². The Kier molecular flexibility index (Phi) is 4.22. The molecule has 0 aromatic heterocycles. The van der Waals surface area contributed by atoms with Gasteiger partial charge in [0.15, 0.2) is 0 Å². The summed E-state index contributed by atoms with van der Waals surface area (Å²) in [4.78, 5) is 4.17. The normalized spacial score (nSPS) is 12.6. The van der Waals surface area contributed by atoms with Gasteiger partial charge in [0, 0.05) is 16.3 Å². The van der Waals surface area contributed by atoms with Crippen LogP contribution in [0.15, 0.2) is 23.4 Å². The van der Waals surface area contributed by atoms with Crippen LogP contribution in [0.4, 0.5) is 18.9 Å². The van der Waals surface area contributed by atoms with Gasteiger partial charge in [-0.2, -0.15) is 13.2 Å². The average Bonchev–Trinajstić information content (AvgIpc) is 2.19. The van der Waals surface area contributed by atoms with Crippen molar-refractivity contribution in [3.63, 3.8) is 0 Å². The largest absolute Gasteiger partial charge is 0.425 e. The van der Waals surface area contributed by atoms with Crippen molar-refractivity contribution in [3.05, 3.63) is 28.8 Å². The molecule has 0 atom stereocenters. The zero-order chi connectivity index (χ0) is 13.1. The van der Waals surface area contributed by atoms with E-state index < -0.39 is 12.8 Å². The van der Waals surface area contributed by atoms with Crippen molar-refractivity contribution < 1.29 is 18.0 Å². The Bertz CT molecular complexity index is 432. The molecular formula is C10H10ClF3N2O. The van der Waals surface area contributed by atoms with Gasteiger partial charge >= 0.3 is 6.18 Å². The molecule has 0 aliphatic carbocycles. The van der Waals surface area contributed by atoms with Crippen LogP contribution in [0.3, 0.4) is 0 Å². The Labute approximate surface area is 101 Å². The maximum atomic E-state index is 11.8. The number of benzene rings is 1. The molecule has 1 aromatic rings. The van der Waals surface area contributed by atoms with Gasteiger partial charge < -0.3 is 10.6 Å². The number of nitrogens with two attached hydrogens (primary N) is 1. The lowest BCUT2D eigenvalue weighted by atomic mass is 10.1. The fourth-order valence-electron chi connectivity index (χ4n) is 1.09. The Morgan fingerprint density at radius 2 is 2.12 bits per heavy atom. The van der Waals surface area contributed by atoms with E-state index in [4.69, 9.17) is 17.3 Å². The standard InChI is InChI=1S/C10H10ClF3N2O/c1-6(16-17-5-10(12,13)14)8-4-7(11)2-3-9(8)15/h2-4H,5,15H2,1H3/b16-6+. The summed E-state index contributed by atoms with van der Waals surface area (Å²) in [5, 5.41) is 3.76. The van der Waals surface area contributed by atoms with Gasteiger partial charge in [-0.3, -0.25) is 0 Å².